The summed E-state index contributed by atoms with van der Waals surface area (Å²) in [6, 6.07) is 2.12. The fourth-order valence-electron chi connectivity index (χ4n) is 3.96. The highest BCUT2D eigenvalue weighted by molar-refractivity contribution is 7.16. The zero-order chi connectivity index (χ0) is 14.3. The molecule has 112 valence electrons. The van der Waals surface area contributed by atoms with Gasteiger partial charge in [-0.15, -0.1) is 11.3 Å². The maximum absolute atomic E-state index is 5.51. The molecule has 6 heteroatoms. The quantitative estimate of drug-likeness (QED) is 0.659. The van der Waals surface area contributed by atoms with Crippen LogP contribution in [0.25, 0.3) is 10.2 Å². The molecule has 3 heterocycles. The maximum atomic E-state index is 5.51. The minimum atomic E-state index is 0.515. The van der Waals surface area contributed by atoms with Crippen LogP contribution in [0.2, 0.25) is 0 Å². The smallest absolute Gasteiger partial charge is 0.240 e. The van der Waals surface area contributed by atoms with Gasteiger partial charge in [0.15, 0.2) is 0 Å². The molecule has 2 fully saturated rings. The van der Waals surface area contributed by atoms with E-state index in [1.54, 1.807) is 11.3 Å². The third kappa shape index (κ3) is 2.26. The highest BCUT2D eigenvalue weighted by Gasteiger charge is 2.37. The van der Waals surface area contributed by atoms with Gasteiger partial charge in [-0.25, -0.2) is 10.8 Å². The molecule has 1 saturated carbocycles. The molecule has 0 amide bonds. The lowest BCUT2D eigenvalue weighted by molar-refractivity contribution is 0.226. The van der Waals surface area contributed by atoms with Crippen LogP contribution < -0.4 is 16.2 Å². The van der Waals surface area contributed by atoms with Crippen molar-refractivity contribution in [2.75, 3.05) is 23.4 Å². The topological polar surface area (TPSA) is 67.1 Å². The Hall–Kier alpha value is -1.40. The van der Waals surface area contributed by atoms with E-state index in [1.165, 1.54) is 38.5 Å². The molecule has 3 N–H and O–H groups in total. The number of nitrogens with one attached hydrogen (secondary N) is 1. The van der Waals surface area contributed by atoms with Crippen molar-refractivity contribution in [1.29, 1.82) is 0 Å². The molecular weight excluding hydrogens is 282 g/mol. The number of nitrogens with two attached hydrogens (primary N) is 1. The molecule has 0 unspecified atom stereocenters. The predicted octanol–water partition coefficient (Wildman–Crippen LogP) is 3.14. The van der Waals surface area contributed by atoms with Gasteiger partial charge in [0.25, 0.3) is 0 Å². The van der Waals surface area contributed by atoms with E-state index in [-0.39, 0.29) is 0 Å². The Bertz CT molecular complexity index is 637. The average molecular weight is 303 g/mol. The van der Waals surface area contributed by atoms with Crippen molar-refractivity contribution < 1.29 is 0 Å². The van der Waals surface area contributed by atoms with Gasteiger partial charge in [0.05, 0.1) is 5.39 Å². The molecule has 2 aromatic rings. The van der Waals surface area contributed by atoms with E-state index in [2.05, 4.69) is 31.7 Å². The summed E-state index contributed by atoms with van der Waals surface area (Å²) in [5.74, 6) is 7.07. The van der Waals surface area contributed by atoms with Crippen LogP contribution in [0.1, 0.15) is 38.5 Å². The summed E-state index contributed by atoms with van der Waals surface area (Å²) in [5, 5.41) is 3.23. The van der Waals surface area contributed by atoms with Crippen LogP contribution in [-0.4, -0.2) is 23.1 Å². The lowest BCUT2D eigenvalue weighted by atomic mass is 9.77. The van der Waals surface area contributed by atoms with Crippen molar-refractivity contribution in [1.82, 2.24) is 9.97 Å². The van der Waals surface area contributed by atoms with Crippen LogP contribution in [0, 0.1) is 5.41 Å². The number of nitrogens with zero attached hydrogens (tertiary/aromatic N) is 3. The summed E-state index contributed by atoms with van der Waals surface area (Å²) in [5.41, 5.74) is 3.23. The first-order valence-electron chi connectivity index (χ1n) is 7.77. The predicted molar refractivity (Wildman–Crippen MR) is 87.6 cm³/mol. The number of nitrogen functional groups attached to an aromatic ring is 1. The van der Waals surface area contributed by atoms with Crippen LogP contribution >= 0.6 is 11.3 Å². The van der Waals surface area contributed by atoms with Crippen molar-refractivity contribution in [3.63, 3.8) is 0 Å². The molecule has 1 saturated heterocycles. The van der Waals surface area contributed by atoms with E-state index in [0.29, 0.717) is 11.4 Å². The first-order chi connectivity index (χ1) is 10.3. The number of hydrazine groups is 1. The van der Waals surface area contributed by atoms with Gasteiger partial charge < -0.3 is 4.90 Å². The highest BCUT2D eigenvalue weighted by atomic mass is 32.1. The van der Waals surface area contributed by atoms with Crippen molar-refractivity contribution in [3.8, 4) is 0 Å². The molecule has 2 aromatic heterocycles. The number of anilines is 2. The summed E-state index contributed by atoms with van der Waals surface area (Å²) >= 11 is 1.64. The van der Waals surface area contributed by atoms with Crippen molar-refractivity contribution >= 4 is 33.3 Å². The number of thiophene rings is 1. The first-order valence-corrected chi connectivity index (χ1v) is 8.64. The SMILES string of the molecule is NNc1nc(N2CCC3(CCCC3)CC2)c2ccsc2n1. The van der Waals surface area contributed by atoms with Gasteiger partial charge in [-0.1, -0.05) is 12.8 Å². The van der Waals surface area contributed by atoms with Crippen molar-refractivity contribution in [2.45, 2.75) is 38.5 Å². The Labute approximate surface area is 128 Å². The maximum Gasteiger partial charge on any atom is 0.240 e. The molecule has 5 nitrogen and oxygen atoms in total. The number of rotatable bonds is 2. The van der Waals surface area contributed by atoms with Crippen LogP contribution in [0.3, 0.4) is 0 Å². The zero-order valence-electron chi connectivity index (χ0n) is 12.1. The Morgan fingerprint density at radius 1 is 1.14 bits per heavy atom. The minimum Gasteiger partial charge on any atom is -0.356 e. The number of hydrogen-bond donors (Lipinski definition) is 2. The number of fused-ring (bicyclic) bond motifs is 1. The second-order valence-corrected chi connectivity index (χ2v) is 7.24. The first kappa shape index (κ1) is 13.3. The van der Waals surface area contributed by atoms with Crippen molar-refractivity contribution in [3.05, 3.63) is 11.4 Å². The third-order valence-electron chi connectivity index (χ3n) is 5.22. The second-order valence-electron chi connectivity index (χ2n) is 6.35. The van der Waals surface area contributed by atoms with Gasteiger partial charge in [-0.3, -0.25) is 5.43 Å². The summed E-state index contributed by atoms with van der Waals surface area (Å²) in [4.78, 5) is 12.5. The van der Waals surface area contributed by atoms with Gasteiger partial charge in [-0.05, 0) is 42.5 Å². The Kier molecular flexibility index (Phi) is 3.23. The van der Waals surface area contributed by atoms with E-state index in [4.69, 9.17) is 5.84 Å². The molecule has 21 heavy (non-hydrogen) atoms. The molecule has 0 aromatic carbocycles. The Morgan fingerprint density at radius 2 is 1.90 bits per heavy atom. The molecule has 0 radical (unpaired) electrons. The van der Waals surface area contributed by atoms with E-state index in [1.807, 2.05) is 0 Å². The molecule has 1 aliphatic carbocycles. The van der Waals surface area contributed by atoms with Gasteiger partial charge >= 0.3 is 0 Å². The number of piperidine rings is 1. The Morgan fingerprint density at radius 3 is 2.62 bits per heavy atom. The highest BCUT2D eigenvalue weighted by Crippen LogP contribution is 2.47. The van der Waals surface area contributed by atoms with E-state index >= 15 is 0 Å². The summed E-state index contributed by atoms with van der Waals surface area (Å²) in [7, 11) is 0. The number of hydrogen-bond acceptors (Lipinski definition) is 6. The fourth-order valence-corrected chi connectivity index (χ4v) is 4.72. The van der Waals surface area contributed by atoms with E-state index < -0.39 is 0 Å². The van der Waals surface area contributed by atoms with E-state index in [0.717, 1.165) is 29.1 Å². The van der Waals surface area contributed by atoms with Gasteiger partial charge in [0, 0.05) is 13.1 Å². The fraction of sp³-hybridized carbons (Fsp3) is 0.600. The molecule has 0 bridgehead atoms. The van der Waals surface area contributed by atoms with Gasteiger partial charge in [0.2, 0.25) is 5.95 Å². The van der Waals surface area contributed by atoms with Crippen LogP contribution in [-0.2, 0) is 0 Å². The third-order valence-corrected chi connectivity index (χ3v) is 6.03. The monoisotopic (exact) mass is 303 g/mol. The lowest BCUT2D eigenvalue weighted by Crippen LogP contribution is -2.39. The van der Waals surface area contributed by atoms with Crippen molar-refractivity contribution in [2.24, 2.45) is 11.3 Å². The molecule has 2 aliphatic rings. The normalized spacial score (nSPS) is 21.3. The zero-order valence-corrected chi connectivity index (χ0v) is 13.0. The molecule has 4 rings (SSSR count). The largest absolute Gasteiger partial charge is 0.356 e. The molecular formula is C15H21N5S. The van der Waals surface area contributed by atoms with Crippen LogP contribution in [0.15, 0.2) is 11.4 Å². The average Bonchev–Trinajstić information content (AvgIpc) is 3.16. The van der Waals surface area contributed by atoms with Crippen LogP contribution in [0.5, 0.6) is 0 Å². The lowest BCUT2D eigenvalue weighted by Gasteiger charge is -2.40. The molecule has 1 spiro atoms. The molecule has 1 aliphatic heterocycles. The number of aromatic nitrogens is 2. The summed E-state index contributed by atoms with van der Waals surface area (Å²) in [6.07, 6.45) is 8.29. The Balaban J connectivity index is 1.63. The van der Waals surface area contributed by atoms with E-state index in [9.17, 15) is 0 Å². The van der Waals surface area contributed by atoms with Gasteiger partial charge in [-0.2, -0.15) is 4.98 Å². The van der Waals surface area contributed by atoms with Crippen LogP contribution in [0.4, 0.5) is 11.8 Å². The summed E-state index contributed by atoms with van der Waals surface area (Å²) < 4.78 is 0. The minimum absolute atomic E-state index is 0.515. The van der Waals surface area contributed by atoms with Gasteiger partial charge in [0.1, 0.15) is 10.6 Å². The second kappa shape index (κ2) is 5.10. The molecule has 0 atom stereocenters. The standard InChI is InChI=1S/C15H21N5S/c16-19-14-17-12(11-3-10-21-13(11)18-14)20-8-6-15(7-9-20)4-1-2-5-15/h3,10H,1-2,4-9,16H2,(H,17,18,19). The summed E-state index contributed by atoms with van der Waals surface area (Å²) in [6.45, 7) is 2.21.